The first-order valence-corrected chi connectivity index (χ1v) is 6.88. The number of likely N-dealkylation sites (N-methyl/N-ethyl adjacent to an activating group) is 1. The molecule has 96 valence electrons. The lowest BCUT2D eigenvalue weighted by molar-refractivity contribution is 0.385. The van der Waals surface area contributed by atoms with Gasteiger partial charge in [0.1, 0.15) is 5.76 Å². The summed E-state index contributed by atoms with van der Waals surface area (Å²) in [5.74, 6) is 1.95. The molecular formula is C11H19N3OS2. The highest BCUT2D eigenvalue weighted by molar-refractivity contribution is 7.99. The number of nitrogens with two attached hydrogens (primary N) is 1. The maximum atomic E-state index is 5.46. The molecule has 1 heterocycles. The molecule has 3 N–H and O–H groups in total. The summed E-state index contributed by atoms with van der Waals surface area (Å²) in [4.78, 5) is 2.15. The van der Waals surface area contributed by atoms with E-state index in [2.05, 4.69) is 24.3 Å². The van der Waals surface area contributed by atoms with Crippen LogP contribution in [0.4, 0.5) is 0 Å². The van der Waals surface area contributed by atoms with Crippen LogP contribution in [0, 0.1) is 0 Å². The number of hydrogen-bond acceptors (Lipinski definition) is 4. The second-order valence-electron chi connectivity index (χ2n) is 3.93. The minimum atomic E-state index is 0.341. The molecule has 1 unspecified atom stereocenters. The lowest BCUT2D eigenvalue weighted by Gasteiger charge is -2.18. The van der Waals surface area contributed by atoms with Crippen molar-refractivity contribution in [2.24, 2.45) is 5.73 Å². The smallest absolute Gasteiger partial charge is 0.163 e. The molecule has 1 atom stereocenters. The monoisotopic (exact) mass is 273 g/mol. The van der Waals surface area contributed by atoms with Gasteiger partial charge in [0.15, 0.2) is 5.11 Å². The summed E-state index contributed by atoms with van der Waals surface area (Å²) < 4.78 is 5.46. The fourth-order valence-electron chi connectivity index (χ4n) is 1.41. The van der Waals surface area contributed by atoms with Crippen molar-refractivity contribution in [3.05, 3.63) is 24.2 Å². The summed E-state index contributed by atoms with van der Waals surface area (Å²) in [6, 6.07) is 3.94. The summed E-state index contributed by atoms with van der Waals surface area (Å²) in [5, 5.41) is 3.64. The standard InChI is InChI=1S/C11H19N3OS2/c1-14(2)8-10(9-4-3-6-15-9)17-7-5-13-11(12)16/h3-4,6,10H,5,7-8H2,1-2H3,(H3,12,13,16). The number of nitrogens with zero attached hydrogens (tertiary/aromatic N) is 1. The lowest BCUT2D eigenvalue weighted by Crippen LogP contribution is -2.31. The van der Waals surface area contributed by atoms with Gasteiger partial charge in [-0.05, 0) is 38.4 Å². The lowest BCUT2D eigenvalue weighted by atomic mass is 10.3. The van der Waals surface area contributed by atoms with Crippen LogP contribution in [0.3, 0.4) is 0 Å². The van der Waals surface area contributed by atoms with E-state index in [1.807, 2.05) is 23.9 Å². The Morgan fingerprint density at radius 3 is 2.94 bits per heavy atom. The predicted octanol–water partition coefficient (Wildman–Crippen LogP) is 1.45. The van der Waals surface area contributed by atoms with Crippen LogP contribution in [0.1, 0.15) is 11.0 Å². The highest BCUT2D eigenvalue weighted by Gasteiger charge is 2.15. The van der Waals surface area contributed by atoms with E-state index in [1.165, 1.54) is 0 Å². The van der Waals surface area contributed by atoms with E-state index >= 15 is 0 Å². The first-order chi connectivity index (χ1) is 8.09. The van der Waals surface area contributed by atoms with Gasteiger partial charge in [0.25, 0.3) is 0 Å². The van der Waals surface area contributed by atoms with Crippen LogP contribution < -0.4 is 11.1 Å². The molecule has 0 spiro atoms. The van der Waals surface area contributed by atoms with Gasteiger partial charge < -0.3 is 20.4 Å². The molecule has 17 heavy (non-hydrogen) atoms. The maximum Gasteiger partial charge on any atom is 0.163 e. The van der Waals surface area contributed by atoms with Gasteiger partial charge >= 0.3 is 0 Å². The van der Waals surface area contributed by atoms with E-state index in [0.717, 1.165) is 24.6 Å². The van der Waals surface area contributed by atoms with Crippen LogP contribution in [0.5, 0.6) is 0 Å². The Bertz CT molecular complexity index is 327. The average molecular weight is 273 g/mol. The van der Waals surface area contributed by atoms with Crippen molar-refractivity contribution < 1.29 is 4.42 Å². The van der Waals surface area contributed by atoms with Crippen LogP contribution in [0.25, 0.3) is 0 Å². The fraction of sp³-hybridized carbons (Fsp3) is 0.545. The van der Waals surface area contributed by atoms with Crippen molar-refractivity contribution in [3.8, 4) is 0 Å². The van der Waals surface area contributed by atoms with Crippen molar-refractivity contribution in [2.45, 2.75) is 5.25 Å². The molecule has 0 bridgehead atoms. The van der Waals surface area contributed by atoms with E-state index in [0.29, 0.717) is 10.4 Å². The summed E-state index contributed by atoms with van der Waals surface area (Å²) in [5.41, 5.74) is 5.37. The summed E-state index contributed by atoms with van der Waals surface area (Å²) in [6.45, 7) is 1.73. The van der Waals surface area contributed by atoms with Crippen molar-refractivity contribution in [1.29, 1.82) is 0 Å². The van der Waals surface area contributed by atoms with E-state index in [4.69, 9.17) is 22.4 Å². The van der Waals surface area contributed by atoms with Gasteiger partial charge in [0.05, 0.1) is 11.5 Å². The normalized spacial score (nSPS) is 12.6. The second-order valence-corrected chi connectivity index (χ2v) is 5.68. The largest absolute Gasteiger partial charge is 0.468 e. The van der Waals surface area contributed by atoms with Crippen molar-refractivity contribution in [2.75, 3.05) is 32.9 Å². The molecule has 1 aromatic rings. The van der Waals surface area contributed by atoms with Gasteiger partial charge in [-0.25, -0.2) is 0 Å². The molecule has 0 saturated heterocycles. The Labute approximate surface area is 112 Å². The number of furan rings is 1. The highest BCUT2D eigenvalue weighted by atomic mass is 32.2. The van der Waals surface area contributed by atoms with Gasteiger partial charge in [0.2, 0.25) is 0 Å². The summed E-state index contributed by atoms with van der Waals surface area (Å²) in [7, 11) is 4.12. The fourth-order valence-corrected chi connectivity index (χ4v) is 2.71. The molecule has 0 amide bonds. The molecule has 1 rings (SSSR count). The van der Waals surface area contributed by atoms with Crippen molar-refractivity contribution >= 4 is 29.1 Å². The van der Waals surface area contributed by atoms with E-state index in [9.17, 15) is 0 Å². The molecule has 0 aliphatic rings. The van der Waals surface area contributed by atoms with Gasteiger partial charge in [-0.3, -0.25) is 0 Å². The molecule has 0 fully saturated rings. The topological polar surface area (TPSA) is 54.4 Å². The first-order valence-electron chi connectivity index (χ1n) is 5.42. The third-order valence-corrected chi connectivity index (χ3v) is 3.48. The molecule has 4 nitrogen and oxygen atoms in total. The van der Waals surface area contributed by atoms with Crippen LogP contribution in [0.15, 0.2) is 22.8 Å². The molecule has 0 aliphatic carbocycles. The molecule has 0 aromatic carbocycles. The molecule has 6 heteroatoms. The molecular weight excluding hydrogens is 254 g/mol. The summed E-state index contributed by atoms with van der Waals surface area (Å²) >= 11 is 6.59. The highest BCUT2D eigenvalue weighted by Crippen LogP contribution is 2.29. The third kappa shape index (κ3) is 5.95. The van der Waals surface area contributed by atoms with E-state index in [1.54, 1.807) is 6.26 Å². The van der Waals surface area contributed by atoms with Crippen molar-refractivity contribution in [3.63, 3.8) is 0 Å². The molecule has 0 aliphatic heterocycles. The van der Waals surface area contributed by atoms with Gasteiger partial charge in [-0.2, -0.15) is 0 Å². The Balaban J connectivity index is 2.39. The molecule has 0 radical (unpaired) electrons. The average Bonchev–Trinajstić information content (AvgIpc) is 2.74. The molecule has 1 aromatic heterocycles. The first kappa shape index (κ1) is 14.3. The zero-order valence-corrected chi connectivity index (χ0v) is 11.8. The number of thioether (sulfide) groups is 1. The van der Waals surface area contributed by atoms with E-state index < -0.39 is 0 Å². The minimum absolute atomic E-state index is 0.341. The zero-order valence-electron chi connectivity index (χ0n) is 10.2. The summed E-state index contributed by atoms with van der Waals surface area (Å²) in [6.07, 6.45) is 1.71. The second kappa shape index (κ2) is 7.58. The molecule has 0 saturated carbocycles. The van der Waals surface area contributed by atoms with Crippen LogP contribution >= 0.6 is 24.0 Å². The van der Waals surface area contributed by atoms with Crippen molar-refractivity contribution in [1.82, 2.24) is 10.2 Å². The third-order valence-electron chi connectivity index (χ3n) is 2.11. The van der Waals surface area contributed by atoms with Gasteiger partial charge in [0, 0.05) is 18.8 Å². The zero-order chi connectivity index (χ0) is 12.7. The minimum Gasteiger partial charge on any atom is -0.468 e. The van der Waals surface area contributed by atoms with Crippen LogP contribution in [0.2, 0.25) is 0 Å². The number of hydrogen-bond donors (Lipinski definition) is 2. The van der Waals surface area contributed by atoms with Crippen LogP contribution in [-0.2, 0) is 0 Å². The Hall–Kier alpha value is -0.720. The number of rotatable bonds is 7. The Kier molecular flexibility index (Phi) is 6.39. The predicted molar refractivity (Wildman–Crippen MR) is 77.2 cm³/mol. The Morgan fingerprint density at radius 2 is 2.41 bits per heavy atom. The van der Waals surface area contributed by atoms with Gasteiger partial charge in [-0.15, -0.1) is 11.8 Å². The maximum absolute atomic E-state index is 5.46. The quantitative estimate of drug-likeness (QED) is 0.579. The van der Waals surface area contributed by atoms with Gasteiger partial charge in [-0.1, -0.05) is 0 Å². The SMILES string of the molecule is CN(C)CC(SCCNC(N)=S)c1ccco1. The van der Waals surface area contributed by atoms with Crippen LogP contribution in [-0.4, -0.2) is 43.0 Å². The number of nitrogens with one attached hydrogen (secondary N) is 1. The Morgan fingerprint density at radius 1 is 1.65 bits per heavy atom. The van der Waals surface area contributed by atoms with E-state index in [-0.39, 0.29) is 0 Å². The number of thiocarbonyl (C=S) groups is 1.